The first-order valence-electron chi connectivity index (χ1n) is 6.25. The lowest BCUT2D eigenvalue weighted by molar-refractivity contribution is 0.0991. The summed E-state index contributed by atoms with van der Waals surface area (Å²) in [6.07, 6.45) is 1.75. The van der Waals surface area contributed by atoms with Gasteiger partial charge >= 0.3 is 0 Å². The van der Waals surface area contributed by atoms with Gasteiger partial charge in [-0.3, -0.25) is 4.98 Å². The number of ether oxygens (including phenoxy) is 1. The highest BCUT2D eigenvalue weighted by Gasteiger charge is 2.22. The van der Waals surface area contributed by atoms with Crippen LogP contribution in [-0.2, 0) is 4.74 Å². The molecule has 18 heavy (non-hydrogen) atoms. The van der Waals surface area contributed by atoms with Crippen LogP contribution in [0.1, 0.15) is 6.92 Å². The maximum Gasteiger partial charge on any atom is 0.0745 e. The molecule has 1 atom stereocenters. The van der Waals surface area contributed by atoms with Crippen molar-refractivity contribution < 1.29 is 4.74 Å². The fourth-order valence-corrected chi connectivity index (χ4v) is 2.52. The van der Waals surface area contributed by atoms with E-state index in [9.17, 15) is 0 Å². The zero-order valence-corrected chi connectivity index (χ0v) is 10.5. The molecule has 1 fully saturated rings. The summed E-state index contributed by atoms with van der Waals surface area (Å²) in [5, 5.41) is 1.12. The molecular formula is C14H17N3O. The summed E-state index contributed by atoms with van der Waals surface area (Å²) in [6.45, 7) is 4.53. The van der Waals surface area contributed by atoms with E-state index >= 15 is 0 Å². The van der Waals surface area contributed by atoms with E-state index in [1.165, 1.54) is 0 Å². The lowest BCUT2D eigenvalue weighted by Gasteiger charge is -2.36. The number of nitrogen functional groups attached to an aromatic ring is 1. The second kappa shape index (κ2) is 4.46. The Morgan fingerprint density at radius 1 is 1.39 bits per heavy atom. The molecule has 0 spiro atoms. The number of morpholine rings is 1. The van der Waals surface area contributed by atoms with Crippen LogP contribution in [0.15, 0.2) is 30.5 Å². The van der Waals surface area contributed by atoms with Gasteiger partial charge in [-0.25, -0.2) is 0 Å². The van der Waals surface area contributed by atoms with Gasteiger partial charge in [-0.1, -0.05) is 18.2 Å². The predicted molar refractivity (Wildman–Crippen MR) is 73.8 cm³/mol. The van der Waals surface area contributed by atoms with Gasteiger partial charge < -0.3 is 15.4 Å². The molecule has 1 unspecified atom stereocenters. The molecule has 2 aromatic rings. The Labute approximate surface area is 106 Å². The van der Waals surface area contributed by atoms with E-state index in [-0.39, 0.29) is 0 Å². The van der Waals surface area contributed by atoms with Gasteiger partial charge in [-0.05, 0) is 13.0 Å². The Morgan fingerprint density at radius 2 is 2.22 bits per heavy atom. The van der Waals surface area contributed by atoms with Crippen molar-refractivity contribution >= 4 is 22.3 Å². The number of para-hydroxylation sites is 1. The maximum atomic E-state index is 6.13. The molecule has 2 heterocycles. The van der Waals surface area contributed by atoms with Crippen LogP contribution >= 0.6 is 0 Å². The van der Waals surface area contributed by atoms with E-state index in [0.717, 1.165) is 42.0 Å². The average Bonchev–Trinajstić information content (AvgIpc) is 2.40. The summed E-state index contributed by atoms with van der Waals surface area (Å²) in [4.78, 5) is 6.70. The highest BCUT2D eigenvalue weighted by molar-refractivity contribution is 5.97. The van der Waals surface area contributed by atoms with E-state index in [4.69, 9.17) is 10.5 Å². The standard InChI is InChI=1S/C14H17N3O/c1-10-9-18-7-6-17(10)14-11-4-2-3-5-13(11)16-8-12(14)15/h2-5,8,10H,6-7,9,15H2,1H3. The zero-order chi connectivity index (χ0) is 12.5. The number of hydrogen-bond acceptors (Lipinski definition) is 4. The molecule has 1 aromatic heterocycles. The van der Waals surface area contributed by atoms with Crippen LogP contribution < -0.4 is 10.6 Å². The fourth-order valence-electron chi connectivity index (χ4n) is 2.52. The number of aromatic nitrogens is 1. The molecule has 3 rings (SSSR count). The predicted octanol–water partition coefficient (Wildman–Crippen LogP) is 2.04. The molecule has 4 nitrogen and oxygen atoms in total. The molecule has 2 N–H and O–H groups in total. The third kappa shape index (κ3) is 1.78. The van der Waals surface area contributed by atoms with E-state index in [1.807, 2.05) is 18.2 Å². The molecular weight excluding hydrogens is 226 g/mol. The van der Waals surface area contributed by atoms with E-state index in [2.05, 4.69) is 22.9 Å². The Bertz CT molecular complexity index is 570. The number of nitrogens with two attached hydrogens (primary N) is 1. The number of anilines is 2. The highest BCUT2D eigenvalue weighted by Crippen LogP contribution is 2.33. The van der Waals surface area contributed by atoms with Crippen molar-refractivity contribution in [2.45, 2.75) is 13.0 Å². The largest absolute Gasteiger partial charge is 0.396 e. The van der Waals surface area contributed by atoms with Gasteiger partial charge in [0.25, 0.3) is 0 Å². The summed E-state index contributed by atoms with van der Waals surface area (Å²) in [5.41, 5.74) is 8.95. The second-order valence-corrected chi connectivity index (χ2v) is 4.70. The molecule has 0 saturated carbocycles. The number of hydrogen-bond donors (Lipinski definition) is 1. The molecule has 1 saturated heterocycles. The van der Waals surface area contributed by atoms with Crippen LogP contribution in [0.2, 0.25) is 0 Å². The lowest BCUT2D eigenvalue weighted by atomic mass is 10.1. The summed E-state index contributed by atoms with van der Waals surface area (Å²) >= 11 is 0. The molecule has 0 bridgehead atoms. The number of benzene rings is 1. The van der Waals surface area contributed by atoms with Crippen molar-refractivity contribution in [3.05, 3.63) is 30.5 Å². The van der Waals surface area contributed by atoms with Crippen LogP contribution in [0, 0.1) is 0 Å². The van der Waals surface area contributed by atoms with Crippen molar-refractivity contribution in [2.75, 3.05) is 30.4 Å². The number of pyridine rings is 1. The number of rotatable bonds is 1. The highest BCUT2D eigenvalue weighted by atomic mass is 16.5. The second-order valence-electron chi connectivity index (χ2n) is 4.70. The normalized spacial score (nSPS) is 20.3. The molecule has 0 aliphatic carbocycles. The minimum Gasteiger partial charge on any atom is -0.396 e. The Morgan fingerprint density at radius 3 is 3.06 bits per heavy atom. The van der Waals surface area contributed by atoms with Gasteiger partial charge in [0.15, 0.2) is 0 Å². The molecule has 1 aliphatic heterocycles. The average molecular weight is 243 g/mol. The quantitative estimate of drug-likeness (QED) is 0.832. The number of nitrogens with zero attached hydrogens (tertiary/aromatic N) is 2. The van der Waals surface area contributed by atoms with Crippen LogP contribution in [0.25, 0.3) is 10.9 Å². The van der Waals surface area contributed by atoms with Crippen molar-refractivity contribution in [2.24, 2.45) is 0 Å². The zero-order valence-electron chi connectivity index (χ0n) is 10.5. The summed E-state index contributed by atoms with van der Waals surface area (Å²) in [6, 6.07) is 8.46. The Balaban J connectivity index is 2.17. The summed E-state index contributed by atoms with van der Waals surface area (Å²) in [7, 11) is 0. The van der Waals surface area contributed by atoms with Crippen LogP contribution in [-0.4, -0.2) is 30.8 Å². The topological polar surface area (TPSA) is 51.4 Å². The molecule has 4 heteroatoms. The van der Waals surface area contributed by atoms with E-state index in [1.54, 1.807) is 6.20 Å². The molecule has 0 radical (unpaired) electrons. The minimum atomic E-state index is 0.340. The third-order valence-corrected chi connectivity index (χ3v) is 3.43. The van der Waals surface area contributed by atoms with Crippen LogP contribution in [0.5, 0.6) is 0 Å². The fraction of sp³-hybridized carbons (Fsp3) is 0.357. The minimum absolute atomic E-state index is 0.340. The van der Waals surface area contributed by atoms with E-state index in [0.29, 0.717) is 6.04 Å². The first-order valence-corrected chi connectivity index (χ1v) is 6.25. The summed E-state index contributed by atoms with van der Waals surface area (Å²) < 4.78 is 5.49. The molecule has 1 aromatic carbocycles. The van der Waals surface area contributed by atoms with Crippen molar-refractivity contribution in [3.8, 4) is 0 Å². The van der Waals surface area contributed by atoms with Crippen LogP contribution in [0.3, 0.4) is 0 Å². The van der Waals surface area contributed by atoms with Gasteiger partial charge in [0, 0.05) is 18.0 Å². The first kappa shape index (κ1) is 11.3. The van der Waals surface area contributed by atoms with Crippen LogP contribution in [0.4, 0.5) is 11.4 Å². The molecule has 1 aliphatic rings. The SMILES string of the molecule is CC1COCCN1c1c(N)cnc2ccccc12. The lowest BCUT2D eigenvalue weighted by Crippen LogP contribution is -2.44. The first-order chi connectivity index (χ1) is 8.77. The smallest absolute Gasteiger partial charge is 0.0745 e. The van der Waals surface area contributed by atoms with Crippen molar-refractivity contribution in [1.29, 1.82) is 0 Å². The summed E-state index contributed by atoms with van der Waals surface area (Å²) in [5.74, 6) is 0. The maximum absolute atomic E-state index is 6.13. The van der Waals surface area contributed by atoms with Gasteiger partial charge in [-0.15, -0.1) is 0 Å². The molecule has 0 amide bonds. The Kier molecular flexibility index (Phi) is 2.80. The van der Waals surface area contributed by atoms with Gasteiger partial charge in [-0.2, -0.15) is 0 Å². The van der Waals surface area contributed by atoms with Gasteiger partial charge in [0.2, 0.25) is 0 Å². The monoisotopic (exact) mass is 243 g/mol. The Hall–Kier alpha value is -1.81. The molecule has 94 valence electrons. The van der Waals surface area contributed by atoms with Crippen molar-refractivity contribution in [3.63, 3.8) is 0 Å². The number of fused-ring (bicyclic) bond motifs is 1. The van der Waals surface area contributed by atoms with E-state index < -0.39 is 0 Å². The van der Waals surface area contributed by atoms with Crippen molar-refractivity contribution in [1.82, 2.24) is 4.98 Å². The third-order valence-electron chi connectivity index (χ3n) is 3.43. The van der Waals surface area contributed by atoms with Gasteiger partial charge in [0.05, 0.1) is 36.3 Å². The van der Waals surface area contributed by atoms with Gasteiger partial charge in [0.1, 0.15) is 0 Å².